The number of hydrogen-bond acceptors (Lipinski definition) is 2. The summed E-state index contributed by atoms with van der Waals surface area (Å²) in [5.74, 6) is 2.48. The van der Waals surface area contributed by atoms with Gasteiger partial charge in [0.2, 0.25) is 0 Å². The number of ether oxygens (including phenoxy) is 1. The summed E-state index contributed by atoms with van der Waals surface area (Å²) in [6, 6.07) is 0.239. The van der Waals surface area contributed by atoms with Gasteiger partial charge in [0.05, 0.1) is 12.6 Å². The highest BCUT2D eigenvalue weighted by atomic mass is 16.5. The van der Waals surface area contributed by atoms with Crippen LogP contribution in [0.2, 0.25) is 0 Å². The lowest BCUT2D eigenvalue weighted by atomic mass is 9.83. The average Bonchev–Trinajstić information content (AvgIpc) is 2.67. The first-order chi connectivity index (χ1) is 12.3. The Morgan fingerprint density at radius 3 is 2.46 bits per heavy atom. The number of hydrogen-bond donors (Lipinski definition) is 0. The standard InChI is InChI=1S/C24H41NO/c1-9-17-26-23(8)24-13-11-12-16-25(24)22(7)21(6)20(5)19(4)15-14-18(3)10-2/h10,18-20,24H,2,6-9,11-17H2,1,3-5H3. The second kappa shape index (κ2) is 11.3. The maximum absolute atomic E-state index is 5.86. The molecule has 1 heterocycles. The Kier molecular flexibility index (Phi) is 9.83. The summed E-state index contributed by atoms with van der Waals surface area (Å²) < 4.78 is 5.86. The Bertz CT molecular complexity index is 492. The molecule has 148 valence electrons. The van der Waals surface area contributed by atoms with Gasteiger partial charge in [0.25, 0.3) is 0 Å². The summed E-state index contributed by atoms with van der Waals surface area (Å²) >= 11 is 0. The van der Waals surface area contributed by atoms with Gasteiger partial charge in [-0.15, -0.1) is 6.58 Å². The fourth-order valence-corrected chi connectivity index (χ4v) is 3.60. The van der Waals surface area contributed by atoms with E-state index in [1.54, 1.807) is 0 Å². The Labute approximate surface area is 162 Å². The Morgan fingerprint density at radius 2 is 1.85 bits per heavy atom. The van der Waals surface area contributed by atoms with Crippen LogP contribution in [0, 0.1) is 17.8 Å². The molecule has 4 atom stereocenters. The van der Waals surface area contributed by atoms with Crippen LogP contribution < -0.4 is 0 Å². The quantitative estimate of drug-likeness (QED) is 0.218. The molecule has 1 saturated heterocycles. The highest BCUT2D eigenvalue weighted by Gasteiger charge is 2.29. The van der Waals surface area contributed by atoms with Crippen LogP contribution >= 0.6 is 0 Å². The van der Waals surface area contributed by atoms with Crippen LogP contribution in [0.15, 0.2) is 49.4 Å². The third-order valence-corrected chi connectivity index (χ3v) is 5.97. The van der Waals surface area contributed by atoms with Gasteiger partial charge in [-0.1, -0.05) is 53.5 Å². The van der Waals surface area contributed by atoms with Crippen LogP contribution in [0.1, 0.15) is 66.2 Å². The molecule has 0 radical (unpaired) electrons. The van der Waals surface area contributed by atoms with Gasteiger partial charge in [0.15, 0.2) is 0 Å². The molecule has 1 aliphatic heterocycles. The number of nitrogens with zero attached hydrogens (tertiary/aromatic N) is 1. The van der Waals surface area contributed by atoms with E-state index in [1.807, 2.05) is 6.08 Å². The highest BCUT2D eigenvalue weighted by Crippen LogP contribution is 2.34. The van der Waals surface area contributed by atoms with Crippen molar-refractivity contribution in [2.45, 2.75) is 72.3 Å². The van der Waals surface area contributed by atoms with Gasteiger partial charge in [-0.25, -0.2) is 0 Å². The molecule has 0 bridgehead atoms. The minimum absolute atomic E-state index is 0.239. The van der Waals surface area contributed by atoms with Crippen molar-refractivity contribution in [3.05, 3.63) is 49.4 Å². The van der Waals surface area contributed by atoms with Gasteiger partial charge in [-0.2, -0.15) is 0 Å². The van der Waals surface area contributed by atoms with Crippen molar-refractivity contribution in [2.24, 2.45) is 17.8 Å². The fraction of sp³-hybridized carbons (Fsp3) is 0.667. The van der Waals surface area contributed by atoms with Crippen molar-refractivity contribution in [1.82, 2.24) is 4.90 Å². The monoisotopic (exact) mass is 359 g/mol. The van der Waals surface area contributed by atoms with E-state index in [4.69, 9.17) is 4.74 Å². The average molecular weight is 360 g/mol. The molecule has 0 spiro atoms. The zero-order valence-corrected chi connectivity index (χ0v) is 17.7. The van der Waals surface area contributed by atoms with Crippen molar-refractivity contribution in [1.29, 1.82) is 0 Å². The summed E-state index contributed by atoms with van der Waals surface area (Å²) in [6.07, 6.45) is 8.95. The van der Waals surface area contributed by atoms with Crippen molar-refractivity contribution < 1.29 is 4.74 Å². The van der Waals surface area contributed by atoms with Crippen LogP contribution in [0.3, 0.4) is 0 Å². The molecular weight excluding hydrogens is 318 g/mol. The van der Waals surface area contributed by atoms with Gasteiger partial charge in [0, 0.05) is 12.2 Å². The molecule has 0 N–H and O–H groups in total. The molecule has 26 heavy (non-hydrogen) atoms. The Hall–Kier alpha value is -1.44. The maximum atomic E-state index is 5.86. The smallest absolute Gasteiger partial charge is 0.111 e. The molecule has 0 aromatic rings. The predicted molar refractivity (Wildman–Crippen MR) is 115 cm³/mol. The second-order valence-corrected chi connectivity index (χ2v) is 8.05. The van der Waals surface area contributed by atoms with E-state index in [9.17, 15) is 0 Å². The lowest BCUT2D eigenvalue weighted by Gasteiger charge is -2.41. The van der Waals surface area contributed by atoms with E-state index in [1.165, 1.54) is 31.3 Å². The highest BCUT2D eigenvalue weighted by molar-refractivity contribution is 5.29. The summed E-state index contributed by atoms with van der Waals surface area (Å²) in [7, 11) is 0. The van der Waals surface area contributed by atoms with Crippen molar-refractivity contribution in [3.63, 3.8) is 0 Å². The molecule has 1 rings (SSSR count). The van der Waals surface area contributed by atoms with E-state index in [2.05, 4.69) is 58.9 Å². The molecule has 2 heteroatoms. The largest absolute Gasteiger partial charge is 0.496 e. The SMILES string of the molecule is C=CC(C)CCC(C)C(C)C(=C)C(=C)N1CCCCC1C(=C)OCCC. The third-order valence-electron chi connectivity index (χ3n) is 5.97. The minimum atomic E-state index is 0.239. The molecule has 0 aromatic carbocycles. The van der Waals surface area contributed by atoms with Gasteiger partial charge in [-0.05, 0) is 61.9 Å². The molecular formula is C24H41NO. The van der Waals surface area contributed by atoms with Gasteiger partial charge < -0.3 is 9.64 Å². The first-order valence-electron chi connectivity index (χ1n) is 10.4. The lowest BCUT2D eigenvalue weighted by Crippen LogP contribution is -2.41. The third kappa shape index (κ3) is 6.37. The summed E-state index contributed by atoms with van der Waals surface area (Å²) in [4.78, 5) is 2.39. The Morgan fingerprint density at radius 1 is 1.15 bits per heavy atom. The maximum Gasteiger partial charge on any atom is 0.111 e. The molecule has 0 aliphatic carbocycles. The molecule has 1 aliphatic rings. The van der Waals surface area contributed by atoms with E-state index < -0.39 is 0 Å². The molecule has 0 saturated carbocycles. The normalized spacial score (nSPS) is 20.8. The number of likely N-dealkylation sites (tertiary alicyclic amines) is 1. The predicted octanol–water partition coefficient (Wildman–Crippen LogP) is 6.73. The zero-order valence-electron chi connectivity index (χ0n) is 17.7. The van der Waals surface area contributed by atoms with Crippen LogP contribution in [-0.2, 0) is 4.74 Å². The van der Waals surface area contributed by atoms with Gasteiger partial charge >= 0.3 is 0 Å². The minimum Gasteiger partial charge on any atom is -0.496 e. The van der Waals surface area contributed by atoms with Crippen molar-refractivity contribution in [2.75, 3.05) is 13.2 Å². The fourth-order valence-electron chi connectivity index (χ4n) is 3.60. The topological polar surface area (TPSA) is 12.5 Å². The molecule has 0 amide bonds. The second-order valence-electron chi connectivity index (χ2n) is 8.05. The van der Waals surface area contributed by atoms with E-state index in [-0.39, 0.29) is 6.04 Å². The van der Waals surface area contributed by atoms with Gasteiger partial charge in [-0.3, -0.25) is 0 Å². The summed E-state index contributed by atoms with van der Waals surface area (Å²) in [5.41, 5.74) is 2.24. The molecule has 2 nitrogen and oxygen atoms in total. The lowest BCUT2D eigenvalue weighted by molar-refractivity contribution is 0.121. The van der Waals surface area contributed by atoms with E-state index >= 15 is 0 Å². The summed E-state index contributed by atoms with van der Waals surface area (Å²) in [5, 5.41) is 0. The van der Waals surface area contributed by atoms with Crippen molar-refractivity contribution >= 4 is 0 Å². The molecule has 1 fully saturated rings. The number of rotatable bonds is 12. The first-order valence-corrected chi connectivity index (χ1v) is 10.4. The van der Waals surface area contributed by atoms with Crippen LogP contribution in [0.4, 0.5) is 0 Å². The zero-order chi connectivity index (χ0) is 19.7. The van der Waals surface area contributed by atoms with Gasteiger partial charge in [0.1, 0.15) is 5.76 Å². The number of piperidine rings is 1. The van der Waals surface area contributed by atoms with Crippen LogP contribution in [-0.4, -0.2) is 24.1 Å². The molecule has 4 unspecified atom stereocenters. The van der Waals surface area contributed by atoms with E-state index in [0.29, 0.717) is 17.8 Å². The van der Waals surface area contributed by atoms with Crippen LogP contribution in [0.25, 0.3) is 0 Å². The summed E-state index contributed by atoms with van der Waals surface area (Å²) in [6.45, 7) is 27.7. The van der Waals surface area contributed by atoms with Crippen molar-refractivity contribution in [3.8, 4) is 0 Å². The van der Waals surface area contributed by atoms with Crippen LogP contribution in [0.5, 0.6) is 0 Å². The first kappa shape index (κ1) is 22.6. The Balaban J connectivity index is 2.72. The van der Waals surface area contributed by atoms with E-state index in [0.717, 1.165) is 37.4 Å². The molecule has 0 aromatic heterocycles. The number of allylic oxidation sites excluding steroid dienone is 2.